The van der Waals surface area contributed by atoms with Gasteiger partial charge >= 0.3 is 0 Å². The lowest BCUT2D eigenvalue weighted by atomic mass is 10.1. The molecule has 0 saturated carbocycles. The normalized spacial score (nSPS) is 13.9. The maximum absolute atomic E-state index is 12.5. The van der Waals surface area contributed by atoms with Crippen LogP contribution in [-0.4, -0.2) is 49.5 Å². The van der Waals surface area contributed by atoms with Gasteiger partial charge in [-0.2, -0.15) is 0 Å². The van der Waals surface area contributed by atoms with E-state index >= 15 is 0 Å². The highest BCUT2D eigenvalue weighted by Gasteiger charge is 2.27. The highest BCUT2D eigenvalue weighted by Crippen LogP contribution is 2.39. The van der Waals surface area contributed by atoms with E-state index < -0.39 is 0 Å². The summed E-state index contributed by atoms with van der Waals surface area (Å²) in [4.78, 5) is 25.7. The number of aromatic hydroxyl groups is 1. The number of methoxy groups -OCH3 is 1. The second kappa shape index (κ2) is 7.93. The highest BCUT2D eigenvalue weighted by atomic mass is 79.9. The number of halogens is 1. The van der Waals surface area contributed by atoms with Gasteiger partial charge in [0.15, 0.2) is 23.9 Å². The molecule has 1 heterocycles. The van der Waals surface area contributed by atoms with Crippen molar-refractivity contribution in [1.82, 2.24) is 4.90 Å². The van der Waals surface area contributed by atoms with Crippen LogP contribution >= 0.6 is 15.9 Å². The van der Waals surface area contributed by atoms with Gasteiger partial charge in [-0.1, -0.05) is 0 Å². The molecule has 0 aromatic heterocycles. The minimum atomic E-state index is -0.276. The molecule has 8 heteroatoms. The van der Waals surface area contributed by atoms with Crippen molar-refractivity contribution < 1.29 is 28.9 Å². The quantitative estimate of drug-likeness (QED) is 0.708. The average Bonchev–Trinajstić information content (AvgIpc) is 2.94. The van der Waals surface area contributed by atoms with Gasteiger partial charge in [0, 0.05) is 20.2 Å². The van der Waals surface area contributed by atoms with Crippen LogP contribution in [-0.2, 0) is 4.79 Å². The molecule has 3 rings (SSSR count). The predicted octanol–water partition coefficient (Wildman–Crippen LogP) is 3.25. The molecule has 1 aliphatic rings. The van der Waals surface area contributed by atoms with Gasteiger partial charge in [-0.25, -0.2) is 0 Å². The number of nitrogens with zero attached hydrogens (tertiary/aromatic N) is 1. The van der Waals surface area contributed by atoms with Crippen LogP contribution in [0.4, 0.5) is 0 Å². The van der Waals surface area contributed by atoms with Crippen LogP contribution in [0, 0.1) is 0 Å². The number of likely N-dealkylation sites (N-methyl/N-ethyl adjacent to an activating group) is 1. The molecule has 2 aromatic rings. The Morgan fingerprint density at radius 3 is 2.71 bits per heavy atom. The number of benzene rings is 2. The zero-order chi connectivity index (χ0) is 20.4. The Bertz CT molecular complexity index is 983. The number of amides is 1. The summed E-state index contributed by atoms with van der Waals surface area (Å²) in [5, 5.41) is 9.54. The molecule has 0 fully saturated rings. The van der Waals surface area contributed by atoms with Crippen LogP contribution in [0.5, 0.6) is 23.0 Å². The number of hydrogen-bond acceptors (Lipinski definition) is 6. The van der Waals surface area contributed by atoms with E-state index in [0.29, 0.717) is 32.8 Å². The number of rotatable bonds is 5. The van der Waals surface area contributed by atoms with Crippen molar-refractivity contribution in [3.8, 4) is 23.0 Å². The average molecular weight is 448 g/mol. The second-order valence-electron chi connectivity index (χ2n) is 6.23. The first-order valence-electron chi connectivity index (χ1n) is 8.28. The zero-order valence-corrected chi connectivity index (χ0v) is 17.1. The number of fused-ring (bicyclic) bond motifs is 1. The third-order valence-electron chi connectivity index (χ3n) is 4.04. The molecule has 0 atom stereocenters. The summed E-state index contributed by atoms with van der Waals surface area (Å²) in [6.45, 7) is -0.136. The van der Waals surface area contributed by atoms with E-state index in [2.05, 4.69) is 15.9 Å². The molecule has 1 amide bonds. The molecule has 0 unspecified atom stereocenters. The fourth-order valence-corrected chi connectivity index (χ4v) is 3.13. The number of ether oxygens (including phenoxy) is 3. The van der Waals surface area contributed by atoms with Crippen molar-refractivity contribution in [1.29, 1.82) is 0 Å². The Balaban J connectivity index is 1.88. The molecule has 0 radical (unpaired) electrons. The monoisotopic (exact) mass is 447 g/mol. The Morgan fingerprint density at radius 1 is 1.29 bits per heavy atom. The van der Waals surface area contributed by atoms with E-state index in [9.17, 15) is 14.7 Å². The minimum Gasteiger partial charge on any atom is -0.508 e. The van der Waals surface area contributed by atoms with Gasteiger partial charge in [0.05, 0.1) is 17.1 Å². The minimum absolute atomic E-state index is 0.0194. The highest BCUT2D eigenvalue weighted by molar-refractivity contribution is 9.10. The summed E-state index contributed by atoms with van der Waals surface area (Å²) in [7, 11) is 4.77. The van der Waals surface area contributed by atoms with Gasteiger partial charge in [0.2, 0.25) is 5.78 Å². The van der Waals surface area contributed by atoms with Crippen molar-refractivity contribution in [2.75, 3.05) is 27.8 Å². The maximum Gasteiger partial charge on any atom is 0.259 e. The Morgan fingerprint density at radius 2 is 2.04 bits per heavy atom. The van der Waals surface area contributed by atoms with E-state index in [0.717, 1.165) is 0 Å². The van der Waals surface area contributed by atoms with Gasteiger partial charge in [-0.3, -0.25) is 9.59 Å². The summed E-state index contributed by atoms with van der Waals surface area (Å²) in [6, 6.07) is 7.74. The van der Waals surface area contributed by atoms with Gasteiger partial charge in [0.1, 0.15) is 11.5 Å². The second-order valence-corrected chi connectivity index (χ2v) is 7.09. The summed E-state index contributed by atoms with van der Waals surface area (Å²) in [5.74, 6) is 0.773. The summed E-state index contributed by atoms with van der Waals surface area (Å²) in [5.41, 5.74) is 1.02. The summed E-state index contributed by atoms with van der Waals surface area (Å²) in [6.07, 6.45) is 1.57. The van der Waals surface area contributed by atoms with Gasteiger partial charge in [-0.15, -0.1) is 0 Å². The first-order valence-corrected chi connectivity index (χ1v) is 9.07. The molecule has 0 bridgehead atoms. The largest absolute Gasteiger partial charge is 0.508 e. The Hall–Kier alpha value is -3.00. The van der Waals surface area contributed by atoms with E-state index in [-0.39, 0.29) is 29.8 Å². The third-order valence-corrected chi connectivity index (χ3v) is 4.63. The number of carbonyl (C=O) groups is 2. The van der Waals surface area contributed by atoms with Crippen LogP contribution in [0.2, 0.25) is 0 Å². The number of phenolic OH excluding ortho intramolecular Hbond substituents is 1. The van der Waals surface area contributed by atoms with Crippen molar-refractivity contribution in [3.05, 3.63) is 51.7 Å². The van der Waals surface area contributed by atoms with Gasteiger partial charge in [-0.05, 0) is 51.8 Å². The van der Waals surface area contributed by atoms with Crippen molar-refractivity contribution in [3.63, 3.8) is 0 Å². The molecule has 2 aromatic carbocycles. The molecule has 1 N–H and O–H groups in total. The molecular weight excluding hydrogens is 430 g/mol. The fraction of sp³-hybridized carbons (Fsp3) is 0.200. The van der Waals surface area contributed by atoms with Crippen LogP contribution in [0.1, 0.15) is 15.9 Å². The van der Waals surface area contributed by atoms with Gasteiger partial charge < -0.3 is 24.2 Å². The molecule has 0 saturated heterocycles. The summed E-state index contributed by atoms with van der Waals surface area (Å²) < 4.78 is 17.1. The van der Waals surface area contributed by atoms with Crippen molar-refractivity contribution >= 4 is 33.7 Å². The molecule has 7 nitrogen and oxygen atoms in total. The Kier molecular flexibility index (Phi) is 5.60. The number of Topliss-reactive ketones (excluding diaryl/α,β-unsaturated/α-hetero) is 1. The third kappa shape index (κ3) is 3.96. The molecule has 0 spiro atoms. The van der Waals surface area contributed by atoms with E-state index in [1.807, 2.05) is 0 Å². The molecular formula is C20H18BrNO6. The number of ketones is 1. The lowest BCUT2D eigenvalue weighted by Gasteiger charge is -2.15. The summed E-state index contributed by atoms with van der Waals surface area (Å²) >= 11 is 3.41. The molecule has 28 heavy (non-hydrogen) atoms. The van der Waals surface area contributed by atoms with Crippen molar-refractivity contribution in [2.24, 2.45) is 0 Å². The lowest BCUT2D eigenvalue weighted by Crippen LogP contribution is -2.27. The number of hydrogen-bond donors (Lipinski definition) is 1. The first kappa shape index (κ1) is 19.8. The predicted molar refractivity (Wildman–Crippen MR) is 106 cm³/mol. The number of allylic oxidation sites excluding steroid dienone is 1. The Labute approximate surface area is 170 Å². The van der Waals surface area contributed by atoms with Gasteiger partial charge in [0.25, 0.3) is 5.91 Å². The smallest absolute Gasteiger partial charge is 0.259 e. The van der Waals surface area contributed by atoms with Crippen LogP contribution < -0.4 is 14.2 Å². The van der Waals surface area contributed by atoms with Crippen LogP contribution in [0.3, 0.4) is 0 Å². The molecule has 146 valence electrons. The number of phenols is 1. The van der Waals surface area contributed by atoms with Crippen LogP contribution in [0.25, 0.3) is 6.08 Å². The maximum atomic E-state index is 12.5. The standard InChI is InChI=1S/C20H18BrNO6/c1-22(2)18(24)10-27-20-14(21)6-11(8-17(20)26-3)7-16-19(25)13-5-4-12(23)9-15(13)28-16/h4-9,23H,10H2,1-3H3/b16-7+. The number of carbonyl (C=O) groups excluding carboxylic acids is 2. The van der Waals surface area contributed by atoms with Crippen LogP contribution in [0.15, 0.2) is 40.6 Å². The molecule has 1 aliphatic heterocycles. The first-order chi connectivity index (χ1) is 13.3. The van der Waals surface area contributed by atoms with E-state index in [1.165, 1.54) is 30.2 Å². The van der Waals surface area contributed by atoms with Crippen molar-refractivity contribution in [2.45, 2.75) is 0 Å². The lowest BCUT2D eigenvalue weighted by molar-refractivity contribution is -0.130. The fourth-order valence-electron chi connectivity index (χ4n) is 2.55. The zero-order valence-electron chi connectivity index (χ0n) is 15.5. The molecule has 0 aliphatic carbocycles. The van der Waals surface area contributed by atoms with E-state index in [4.69, 9.17) is 14.2 Å². The SMILES string of the molecule is COc1cc(/C=C2/Oc3cc(O)ccc3C2=O)cc(Br)c1OCC(=O)N(C)C. The van der Waals surface area contributed by atoms with E-state index in [1.54, 1.807) is 32.3 Å². The topological polar surface area (TPSA) is 85.3 Å².